The van der Waals surface area contributed by atoms with Gasteiger partial charge in [0.15, 0.2) is 5.16 Å². The van der Waals surface area contributed by atoms with Crippen LogP contribution in [0.15, 0.2) is 9.95 Å². The molecule has 0 unspecified atom stereocenters. The summed E-state index contributed by atoms with van der Waals surface area (Å²) >= 11 is 3.10. The van der Waals surface area contributed by atoms with Crippen LogP contribution in [0.5, 0.6) is 0 Å². The summed E-state index contributed by atoms with van der Waals surface area (Å²) in [6, 6.07) is 0.593. The zero-order valence-corrected chi connectivity index (χ0v) is 18.6. The minimum absolute atomic E-state index is 0.0842. The molecule has 0 bridgehead atoms. The number of thioether (sulfide) groups is 1. The summed E-state index contributed by atoms with van der Waals surface area (Å²) in [5, 5.41) is 1.53. The van der Waals surface area contributed by atoms with E-state index in [4.69, 9.17) is 4.98 Å². The molecular weight excluding hydrogens is 390 g/mol. The first-order chi connectivity index (χ1) is 13.5. The highest BCUT2D eigenvalue weighted by Gasteiger charge is 2.29. The van der Waals surface area contributed by atoms with E-state index in [1.54, 1.807) is 15.9 Å². The van der Waals surface area contributed by atoms with Gasteiger partial charge in [0.25, 0.3) is 5.56 Å². The number of hydrogen-bond acceptors (Lipinski definition) is 5. The number of fused-ring (bicyclic) bond motifs is 3. The first kappa shape index (κ1) is 20.0. The zero-order chi connectivity index (χ0) is 19.8. The molecule has 1 fully saturated rings. The number of carbonyl (C=O) groups excluding carboxylic acids is 1. The molecule has 1 aliphatic heterocycles. The van der Waals surface area contributed by atoms with Crippen molar-refractivity contribution in [1.82, 2.24) is 14.5 Å². The summed E-state index contributed by atoms with van der Waals surface area (Å²) in [6.07, 6.45) is 7.42. The van der Waals surface area contributed by atoms with E-state index in [-0.39, 0.29) is 11.5 Å². The van der Waals surface area contributed by atoms with Gasteiger partial charge in [-0.1, -0.05) is 18.7 Å². The predicted molar refractivity (Wildman–Crippen MR) is 117 cm³/mol. The summed E-state index contributed by atoms with van der Waals surface area (Å²) in [7, 11) is 0. The Bertz CT molecular complexity index is 939. The Hall–Kier alpha value is -1.34. The SMILES string of the molecule is CCCn1c(SCC(=O)N2[C@@H](C)CCC[C@@H]2C)nc2sc3c(c2c1=O)CCC3. The van der Waals surface area contributed by atoms with Crippen LogP contribution in [0.25, 0.3) is 10.2 Å². The molecule has 0 N–H and O–H groups in total. The molecule has 1 aliphatic carbocycles. The molecule has 2 atom stereocenters. The molecule has 1 amide bonds. The number of nitrogens with zero attached hydrogens (tertiary/aromatic N) is 3. The number of amides is 1. The van der Waals surface area contributed by atoms with Gasteiger partial charge in [-0.15, -0.1) is 11.3 Å². The zero-order valence-electron chi connectivity index (χ0n) is 17.0. The van der Waals surface area contributed by atoms with Gasteiger partial charge in [-0.25, -0.2) is 4.98 Å². The van der Waals surface area contributed by atoms with Crippen LogP contribution in [-0.4, -0.2) is 38.2 Å². The van der Waals surface area contributed by atoms with Crippen molar-refractivity contribution >= 4 is 39.2 Å². The number of thiophene rings is 1. The fourth-order valence-electron chi connectivity index (χ4n) is 4.70. The molecule has 28 heavy (non-hydrogen) atoms. The molecule has 1 saturated heterocycles. The van der Waals surface area contributed by atoms with E-state index in [9.17, 15) is 9.59 Å². The van der Waals surface area contributed by atoms with E-state index in [1.807, 2.05) is 4.90 Å². The number of hydrogen-bond donors (Lipinski definition) is 0. The second-order valence-corrected chi connectivity index (χ2v) is 10.1. The molecule has 152 valence electrons. The summed E-state index contributed by atoms with van der Waals surface area (Å²) in [6.45, 7) is 7.01. The normalized spacial score (nSPS) is 22.0. The molecule has 2 aliphatic rings. The number of aromatic nitrogens is 2. The van der Waals surface area contributed by atoms with Crippen molar-refractivity contribution in [3.63, 3.8) is 0 Å². The van der Waals surface area contributed by atoms with Crippen molar-refractivity contribution in [2.45, 2.75) is 89.5 Å². The summed E-state index contributed by atoms with van der Waals surface area (Å²) in [4.78, 5) is 35.2. The molecule has 0 aromatic carbocycles. The van der Waals surface area contributed by atoms with Crippen LogP contribution in [0.4, 0.5) is 0 Å². The lowest BCUT2D eigenvalue weighted by atomic mass is 9.98. The number of piperidine rings is 1. The number of likely N-dealkylation sites (tertiary alicyclic amines) is 1. The average Bonchev–Trinajstić information content (AvgIpc) is 3.23. The highest BCUT2D eigenvalue weighted by Crippen LogP contribution is 2.35. The van der Waals surface area contributed by atoms with Gasteiger partial charge in [0.2, 0.25) is 5.91 Å². The lowest BCUT2D eigenvalue weighted by Crippen LogP contribution is -2.48. The van der Waals surface area contributed by atoms with Crippen molar-refractivity contribution in [2.24, 2.45) is 0 Å². The topological polar surface area (TPSA) is 55.2 Å². The minimum atomic E-state index is 0.0842. The Balaban J connectivity index is 1.62. The quantitative estimate of drug-likeness (QED) is 0.537. The van der Waals surface area contributed by atoms with Gasteiger partial charge in [-0.2, -0.15) is 0 Å². The van der Waals surface area contributed by atoms with Gasteiger partial charge in [0.1, 0.15) is 4.83 Å². The summed E-state index contributed by atoms with van der Waals surface area (Å²) < 4.78 is 1.80. The average molecular weight is 420 g/mol. The van der Waals surface area contributed by atoms with Gasteiger partial charge >= 0.3 is 0 Å². The minimum Gasteiger partial charge on any atom is -0.337 e. The molecule has 2 aromatic heterocycles. The van der Waals surface area contributed by atoms with Crippen molar-refractivity contribution < 1.29 is 4.79 Å². The third-order valence-electron chi connectivity index (χ3n) is 6.04. The molecule has 0 spiro atoms. The van der Waals surface area contributed by atoms with Crippen LogP contribution in [0.3, 0.4) is 0 Å². The standard InChI is InChI=1S/C21H29N3O2S2/c1-4-11-23-20(26)18-15-9-6-10-16(15)28-19(18)22-21(23)27-12-17(25)24-13(2)7-5-8-14(24)3/h13-14H,4-12H2,1-3H3/t13-,14-/m0/s1. The van der Waals surface area contributed by atoms with Gasteiger partial charge < -0.3 is 4.90 Å². The van der Waals surface area contributed by atoms with E-state index < -0.39 is 0 Å². The smallest absolute Gasteiger partial charge is 0.263 e. The predicted octanol–water partition coefficient (Wildman–Crippen LogP) is 4.24. The van der Waals surface area contributed by atoms with Gasteiger partial charge in [0.05, 0.1) is 11.1 Å². The molecule has 2 aromatic rings. The Morgan fingerprint density at radius 2 is 1.96 bits per heavy atom. The van der Waals surface area contributed by atoms with Crippen molar-refractivity contribution in [3.8, 4) is 0 Å². The van der Waals surface area contributed by atoms with Crippen LogP contribution in [-0.2, 0) is 24.2 Å². The van der Waals surface area contributed by atoms with Crippen LogP contribution in [0, 0.1) is 0 Å². The second kappa shape index (κ2) is 8.19. The molecule has 0 saturated carbocycles. The van der Waals surface area contributed by atoms with Crippen molar-refractivity contribution in [3.05, 3.63) is 20.8 Å². The number of aryl methyl sites for hydroxylation is 2. The second-order valence-electron chi connectivity index (χ2n) is 8.11. The summed E-state index contributed by atoms with van der Waals surface area (Å²) in [5.74, 6) is 0.511. The molecule has 0 radical (unpaired) electrons. The van der Waals surface area contributed by atoms with E-state index in [2.05, 4.69) is 20.8 Å². The first-order valence-electron chi connectivity index (χ1n) is 10.5. The number of rotatable bonds is 5. The first-order valence-corrected chi connectivity index (χ1v) is 12.3. The monoisotopic (exact) mass is 419 g/mol. The van der Waals surface area contributed by atoms with Gasteiger partial charge in [0, 0.05) is 23.5 Å². The molecular formula is C21H29N3O2S2. The Kier molecular flexibility index (Phi) is 5.83. The maximum atomic E-state index is 13.2. The van der Waals surface area contributed by atoms with E-state index >= 15 is 0 Å². The van der Waals surface area contributed by atoms with Gasteiger partial charge in [-0.3, -0.25) is 14.2 Å². The fourth-order valence-corrected chi connectivity index (χ4v) is 6.90. The Labute approximate surface area is 174 Å². The third-order valence-corrected chi connectivity index (χ3v) is 8.19. The number of carbonyl (C=O) groups is 1. The fraction of sp³-hybridized carbons (Fsp3) is 0.667. The van der Waals surface area contributed by atoms with E-state index in [1.165, 1.54) is 28.6 Å². The third kappa shape index (κ3) is 3.52. The lowest BCUT2D eigenvalue weighted by molar-refractivity contribution is -0.134. The van der Waals surface area contributed by atoms with Crippen LogP contribution in [0.2, 0.25) is 0 Å². The van der Waals surface area contributed by atoms with Crippen molar-refractivity contribution in [2.75, 3.05) is 5.75 Å². The Morgan fingerprint density at radius 3 is 2.68 bits per heavy atom. The van der Waals surface area contributed by atoms with Crippen LogP contribution in [0.1, 0.15) is 63.3 Å². The van der Waals surface area contributed by atoms with E-state index in [0.29, 0.717) is 29.5 Å². The van der Waals surface area contributed by atoms with Crippen LogP contribution < -0.4 is 5.56 Å². The Morgan fingerprint density at radius 1 is 1.21 bits per heavy atom. The molecule has 5 nitrogen and oxygen atoms in total. The summed E-state index contributed by atoms with van der Waals surface area (Å²) in [5.41, 5.74) is 1.31. The molecule has 3 heterocycles. The molecule has 7 heteroatoms. The highest BCUT2D eigenvalue weighted by molar-refractivity contribution is 7.99. The van der Waals surface area contributed by atoms with Crippen LogP contribution >= 0.6 is 23.1 Å². The highest BCUT2D eigenvalue weighted by atomic mass is 32.2. The lowest BCUT2D eigenvalue weighted by Gasteiger charge is -2.39. The largest absolute Gasteiger partial charge is 0.337 e. The maximum absolute atomic E-state index is 13.2. The van der Waals surface area contributed by atoms with Gasteiger partial charge in [-0.05, 0) is 64.4 Å². The maximum Gasteiger partial charge on any atom is 0.263 e. The van der Waals surface area contributed by atoms with Crippen molar-refractivity contribution in [1.29, 1.82) is 0 Å². The molecule has 4 rings (SSSR count). The van der Waals surface area contributed by atoms with E-state index in [0.717, 1.165) is 48.7 Å².